The second kappa shape index (κ2) is 5.02. The number of likely N-dealkylation sites (tertiary alicyclic amines) is 1. The Morgan fingerprint density at radius 3 is 2.94 bits per heavy atom. The number of hydrogen-bond acceptors (Lipinski definition) is 4. The highest BCUT2D eigenvalue weighted by atomic mass is 32.1. The van der Waals surface area contributed by atoms with Crippen LogP contribution in [0.5, 0.6) is 0 Å². The van der Waals surface area contributed by atoms with E-state index in [2.05, 4.69) is 21.3 Å². The van der Waals surface area contributed by atoms with Gasteiger partial charge in [-0.2, -0.15) is 0 Å². The van der Waals surface area contributed by atoms with Gasteiger partial charge in [-0.05, 0) is 38.1 Å². The molecule has 2 aromatic heterocycles. The summed E-state index contributed by atoms with van der Waals surface area (Å²) in [6.07, 6.45) is 4.16. The van der Waals surface area contributed by atoms with E-state index in [0.717, 1.165) is 25.4 Å². The van der Waals surface area contributed by atoms with Crippen molar-refractivity contribution in [2.24, 2.45) is 0 Å². The Morgan fingerprint density at radius 2 is 2.29 bits per heavy atom. The summed E-state index contributed by atoms with van der Waals surface area (Å²) in [4.78, 5) is 6.82. The quantitative estimate of drug-likeness (QED) is 0.835. The third-order valence-electron chi connectivity index (χ3n) is 3.40. The highest BCUT2D eigenvalue weighted by Crippen LogP contribution is 2.28. The zero-order chi connectivity index (χ0) is 11.5. The molecule has 0 atom stereocenters. The lowest BCUT2D eigenvalue weighted by molar-refractivity contribution is 0.193. The van der Waals surface area contributed by atoms with Gasteiger partial charge in [0.1, 0.15) is 5.76 Å². The molecule has 3 nitrogen and oxygen atoms in total. The molecule has 0 amide bonds. The summed E-state index contributed by atoms with van der Waals surface area (Å²) in [5.41, 5.74) is 3.11. The number of thiazole rings is 1. The lowest BCUT2D eigenvalue weighted by Crippen LogP contribution is -2.32. The highest BCUT2D eigenvalue weighted by Gasteiger charge is 2.22. The largest absolute Gasteiger partial charge is 0.469 e. The molecule has 0 saturated carbocycles. The summed E-state index contributed by atoms with van der Waals surface area (Å²) < 4.78 is 5.48. The van der Waals surface area contributed by atoms with Crippen molar-refractivity contribution in [3.63, 3.8) is 0 Å². The van der Waals surface area contributed by atoms with E-state index in [-0.39, 0.29) is 0 Å². The van der Waals surface area contributed by atoms with E-state index in [1.807, 2.05) is 11.6 Å². The first-order valence-electron chi connectivity index (χ1n) is 6.04. The molecule has 1 aliphatic rings. The van der Waals surface area contributed by atoms with E-state index >= 15 is 0 Å². The Bertz CT molecular complexity index is 430. The smallest absolute Gasteiger partial charge is 0.106 e. The Hall–Kier alpha value is -1.13. The molecule has 3 rings (SSSR count). The predicted octanol–water partition coefficient (Wildman–Crippen LogP) is 3.12. The van der Waals surface area contributed by atoms with Crippen LogP contribution in [0.1, 0.15) is 30.2 Å². The number of hydrogen-bond donors (Lipinski definition) is 0. The van der Waals surface area contributed by atoms with E-state index in [4.69, 9.17) is 4.42 Å². The number of piperidine rings is 1. The summed E-state index contributed by atoms with van der Waals surface area (Å²) in [6.45, 7) is 3.28. The van der Waals surface area contributed by atoms with Crippen molar-refractivity contribution in [3.8, 4) is 0 Å². The van der Waals surface area contributed by atoms with Gasteiger partial charge in [-0.3, -0.25) is 4.90 Å². The van der Waals surface area contributed by atoms with Crippen LogP contribution in [0.3, 0.4) is 0 Å². The highest BCUT2D eigenvalue weighted by molar-refractivity contribution is 7.07. The second-order valence-electron chi connectivity index (χ2n) is 4.55. The number of furan rings is 1. The van der Waals surface area contributed by atoms with Crippen molar-refractivity contribution in [2.75, 3.05) is 13.1 Å². The molecule has 1 saturated heterocycles. The summed E-state index contributed by atoms with van der Waals surface area (Å²) in [5, 5.41) is 2.14. The van der Waals surface area contributed by atoms with Crippen LogP contribution in [0.2, 0.25) is 0 Å². The molecule has 17 heavy (non-hydrogen) atoms. The fourth-order valence-electron chi connectivity index (χ4n) is 2.44. The molecular weight excluding hydrogens is 232 g/mol. The number of rotatable bonds is 3. The lowest BCUT2D eigenvalue weighted by atomic mass is 9.94. The molecule has 4 heteroatoms. The maximum absolute atomic E-state index is 5.48. The van der Waals surface area contributed by atoms with E-state index in [1.54, 1.807) is 17.6 Å². The lowest BCUT2D eigenvalue weighted by Gasteiger charge is -2.30. The first-order chi connectivity index (χ1) is 8.42. The van der Waals surface area contributed by atoms with Crippen LogP contribution < -0.4 is 0 Å². The van der Waals surface area contributed by atoms with Gasteiger partial charge in [0.15, 0.2) is 0 Å². The zero-order valence-corrected chi connectivity index (χ0v) is 10.5. The van der Waals surface area contributed by atoms with Crippen LogP contribution in [0.15, 0.2) is 33.7 Å². The minimum absolute atomic E-state index is 0.608. The number of nitrogens with zero attached hydrogens (tertiary/aromatic N) is 2. The van der Waals surface area contributed by atoms with E-state index in [0.29, 0.717) is 5.92 Å². The first kappa shape index (κ1) is 11.0. The Kier molecular flexibility index (Phi) is 3.25. The molecule has 1 fully saturated rings. The average molecular weight is 248 g/mol. The third-order valence-corrected chi connectivity index (χ3v) is 4.04. The fourth-order valence-corrected chi connectivity index (χ4v) is 2.99. The van der Waals surface area contributed by atoms with Crippen LogP contribution in [0, 0.1) is 0 Å². The normalized spacial score (nSPS) is 18.6. The molecular formula is C13H16N2OS. The SMILES string of the molecule is c1coc(C2CCN(Cc3cscn3)CC2)c1. The van der Waals surface area contributed by atoms with E-state index < -0.39 is 0 Å². The van der Waals surface area contributed by atoms with Gasteiger partial charge in [0.05, 0.1) is 17.5 Å². The van der Waals surface area contributed by atoms with Crippen molar-refractivity contribution in [3.05, 3.63) is 40.7 Å². The zero-order valence-electron chi connectivity index (χ0n) is 9.71. The molecule has 0 bridgehead atoms. The fraction of sp³-hybridized carbons (Fsp3) is 0.462. The molecule has 90 valence electrons. The van der Waals surface area contributed by atoms with Gasteiger partial charge in [-0.15, -0.1) is 11.3 Å². The van der Waals surface area contributed by atoms with Gasteiger partial charge in [0.25, 0.3) is 0 Å². The minimum atomic E-state index is 0.608. The van der Waals surface area contributed by atoms with Crippen molar-refractivity contribution in [2.45, 2.75) is 25.3 Å². The molecule has 2 aromatic rings. The van der Waals surface area contributed by atoms with Crippen molar-refractivity contribution in [1.29, 1.82) is 0 Å². The molecule has 0 N–H and O–H groups in total. The molecule has 0 aliphatic carbocycles. The molecule has 0 unspecified atom stereocenters. The van der Waals surface area contributed by atoms with Crippen molar-refractivity contribution < 1.29 is 4.42 Å². The summed E-state index contributed by atoms with van der Waals surface area (Å²) in [5.74, 6) is 1.76. The van der Waals surface area contributed by atoms with Gasteiger partial charge in [-0.25, -0.2) is 4.98 Å². The average Bonchev–Trinajstić information content (AvgIpc) is 3.01. The molecule has 1 aliphatic heterocycles. The van der Waals surface area contributed by atoms with Gasteiger partial charge < -0.3 is 4.42 Å². The molecule has 0 radical (unpaired) electrons. The standard InChI is InChI=1S/C13H16N2OS/c1-2-13(16-7-1)11-3-5-15(6-4-11)8-12-9-17-10-14-12/h1-2,7,9-11H,3-6,8H2. The van der Waals surface area contributed by atoms with Crippen molar-refractivity contribution >= 4 is 11.3 Å². The minimum Gasteiger partial charge on any atom is -0.469 e. The Morgan fingerprint density at radius 1 is 1.41 bits per heavy atom. The van der Waals surface area contributed by atoms with Crippen LogP contribution in [-0.4, -0.2) is 23.0 Å². The van der Waals surface area contributed by atoms with Gasteiger partial charge in [0, 0.05) is 17.8 Å². The van der Waals surface area contributed by atoms with Gasteiger partial charge >= 0.3 is 0 Å². The Balaban J connectivity index is 1.54. The monoisotopic (exact) mass is 248 g/mol. The first-order valence-corrected chi connectivity index (χ1v) is 6.99. The van der Waals surface area contributed by atoms with Gasteiger partial charge in [0.2, 0.25) is 0 Å². The summed E-state index contributed by atoms with van der Waals surface area (Å²) >= 11 is 1.67. The molecule has 3 heterocycles. The second-order valence-corrected chi connectivity index (χ2v) is 5.26. The molecule has 0 aromatic carbocycles. The maximum atomic E-state index is 5.48. The molecule has 0 spiro atoms. The number of aromatic nitrogens is 1. The maximum Gasteiger partial charge on any atom is 0.106 e. The predicted molar refractivity (Wildman–Crippen MR) is 68.1 cm³/mol. The van der Waals surface area contributed by atoms with Crippen molar-refractivity contribution in [1.82, 2.24) is 9.88 Å². The van der Waals surface area contributed by atoms with E-state index in [1.165, 1.54) is 18.5 Å². The summed E-state index contributed by atoms with van der Waals surface area (Å²) in [6, 6.07) is 4.08. The topological polar surface area (TPSA) is 29.3 Å². The van der Waals surface area contributed by atoms with Crippen LogP contribution >= 0.6 is 11.3 Å². The van der Waals surface area contributed by atoms with Crippen LogP contribution in [0.25, 0.3) is 0 Å². The van der Waals surface area contributed by atoms with Gasteiger partial charge in [-0.1, -0.05) is 0 Å². The van der Waals surface area contributed by atoms with E-state index in [9.17, 15) is 0 Å². The van der Waals surface area contributed by atoms with Crippen LogP contribution in [0.4, 0.5) is 0 Å². The third kappa shape index (κ3) is 2.58. The van der Waals surface area contributed by atoms with Crippen LogP contribution in [-0.2, 0) is 6.54 Å². The Labute approximate surface area is 105 Å². The summed E-state index contributed by atoms with van der Waals surface area (Å²) in [7, 11) is 0.